The van der Waals surface area contributed by atoms with Gasteiger partial charge in [0.25, 0.3) is 11.8 Å². The van der Waals surface area contributed by atoms with Gasteiger partial charge >= 0.3 is 0 Å². The van der Waals surface area contributed by atoms with Gasteiger partial charge in [0.2, 0.25) is 0 Å². The second-order valence-corrected chi connectivity index (χ2v) is 4.49. The van der Waals surface area contributed by atoms with Gasteiger partial charge in [0.15, 0.2) is 0 Å². The van der Waals surface area contributed by atoms with Crippen LogP contribution >= 0.6 is 11.3 Å². The van der Waals surface area contributed by atoms with E-state index >= 15 is 0 Å². The van der Waals surface area contributed by atoms with Crippen molar-refractivity contribution < 1.29 is 18.4 Å². The van der Waals surface area contributed by atoms with Crippen LogP contribution in [0.5, 0.6) is 0 Å². The van der Waals surface area contributed by atoms with E-state index in [1.807, 2.05) is 0 Å². The maximum atomic E-state index is 12.9. The highest BCUT2D eigenvalue weighted by atomic mass is 32.1. The minimum absolute atomic E-state index is 0.219. The maximum absolute atomic E-state index is 12.9. The Morgan fingerprint density at radius 2 is 1.63 bits per heavy atom. The van der Waals surface area contributed by atoms with E-state index in [9.17, 15) is 18.4 Å². The van der Waals surface area contributed by atoms with Crippen molar-refractivity contribution in [3.63, 3.8) is 0 Å². The molecule has 0 fully saturated rings. The largest absolute Gasteiger partial charge is 0.279 e. The lowest BCUT2D eigenvalue weighted by atomic mass is 10.2. The number of hydrazine groups is 1. The number of benzene rings is 1. The Kier molecular flexibility index (Phi) is 3.86. The molecule has 0 unspecified atom stereocenters. The van der Waals surface area contributed by atoms with E-state index in [0.29, 0.717) is 10.9 Å². The van der Waals surface area contributed by atoms with Gasteiger partial charge in [-0.15, -0.1) is 11.3 Å². The Bertz CT molecular complexity index is 594. The number of carbonyl (C=O) groups excluding carboxylic acids is 2. The first-order valence-electron chi connectivity index (χ1n) is 5.16. The molecule has 0 radical (unpaired) electrons. The van der Waals surface area contributed by atoms with Crippen LogP contribution in [0.3, 0.4) is 0 Å². The normalized spacial score (nSPS) is 10.0. The number of rotatable bonds is 2. The SMILES string of the molecule is O=C(NNC(=O)c1cccs1)c1cc(F)cc(F)c1. The smallest absolute Gasteiger partial charge is 0.267 e. The third-order valence-electron chi connectivity index (χ3n) is 2.16. The van der Waals surface area contributed by atoms with E-state index in [4.69, 9.17) is 0 Å². The highest BCUT2D eigenvalue weighted by Crippen LogP contribution is 2.08. The molecule has 0 aliphatic carbocycles. The van der Waals surface area contributed by atoms with Crippen LogP contribution in [0.4, 0.5) is 8.78 Å². The third-order valence-corrected chi connectivity index (χ3v) is 3.03. The summed E-state index contributed by atoms with van der Waals surface area (Å²) in [6.07, 6.45) is 0. The number of nitrogens with one attached hydrogen (secondary N) is 2. The zero-order valence-corrected chi connectivity index (χ0v) is 10.3. The number of hydrogen-bond donors (Lipinski definition) is 2. The Balaban J connectivity index is 2.00. The summed E-state index contributed by atoms with van der Waals surface area (Å²) in [6, 6.07) is 5.66. The van der Waals surface area contributed by atoms with Crippen molar-refractivity contribution in [3.8, 4) is 0 Å². The highest BCUT2D eigenvalue weighted by Gasteiger charge is 2.11. The predicted molar refractivity (Wildman–Crippen MR) is 65.6 cm³/mol. The maximum Gasteiger partial charge on any atom is 0.279 e. The van der Waals surface area contributed by atoms with Crippen LogP contribution in [0.15, 0.2) is 35.7 Å². The van der Waals surface area contributed by atoms with Gasteiger partial charge in [-0.1, -0.05) is 6.07 Å². The summed E-state index contributed by atoms with van der Waals surface area (Å²) in [5.41, 5.74) is 4.01. The number of carbonyl (C=O) groups is 2. The fourth-order valence-corrected chi connectivity index (χ4v) is 1.96. The molecule has 7 heteroatoms. The van der Waals surface area contributed by atoms with Crippen molar-refractivity contribution in [2.75, 3.05) is 0 Å². The van der Waals surface area contributed by atoms with Gasteiger partial charge in [-0.25, -0.2) is 8.78 Å². The molecule has 0 spiro atoms. The zero-order chi connectivity index (χ0) is 13.8. The van der Waals surface area contributed by atoms with Crippen LogP contribution in [0, 0.1) is 11.6 Å². The van der Waals surface area contributed by atoms with Gasteiger partial charge in [-0.3, -0.25) is 20.4 Å². The van der Waals surface area contributed by atoms with Crippen molar-refractivity contribution in [1.29, 1.82) is 0 Å². The van der Waals surface area contributed by atoms with Gasteiger partial charge in [0.05, 0.1) is 4.88 Å². The third kappa shape index (κ3) is 3.35. The molecule has 1 heterocycles. The molecule has 0 saturated heterocycles. The van der Waals surface area contributed by atoms with E-state index in [0.717, 1.165) is 12.1 Å². The second-order valence-electron chi connectivity index (χ2n) is 3.54. The lowest BCUT2D eigenvalue weighted by molar-refractivity contribution is 0.0848. The van der Waals surface area contributed by atoms with Gasteiger partial charge in [-0.2, -0.15) is 0 Å². The van der Waals surface area contributed by atoms with Crippen LogP contribution in [0.2, 0.25) is 0 Å². The molecule has 0 atom stereocenters. The highest BCUT2D eigenvalue weighted by molar-refractivity contribution is 7.12. The molecule has 2 rings (SSSR count). The Morgan fingerprint density at radius 1 is 1.00 bits per heavy atom. The van der Waals surface area contributed by atoms with E-state index in [2.05, 4.69) is 10.9 Å². The first-order valence-corrected chi connectivity index (χ1v) is 6.04. The zero-order valence-electron chi connectivity index (χ0n) is 9.44. The lowest BCUT2D eigenvalue weighted by Crippen LogP contribution is -2.41. The molecule has 98 valence electrons. The van der Waals surface area contributed by atoms with E-state index in [1.54, 1.807) is 17.5 Å². The average Bonchev–Trinajstić information content (AvgIpc) is 2.88. The molecule has 2 aromatic rings. The van der Waals surface area contributed by atoms with Gasteiger partial charge in [0.1, 0.15) is 11.6 Å². The van der Waals surface area contributed by atoms with Crippen molar-refractivity contribution >= 4 is 23.2 Å². The second kappa shape index (κ2) is 5.57. The Hall–Kier alpha value is -2.28. The average molecular weight is 282 g/mol. The standard InChI is InChI=1S/C12H8F2N2O2S/c13-8-4-7(5-9(14)6-8)11(17)15-16-12(18)10-2-1-3-19-10/h1-6H,(H,15,17)(H,16,18). The lowest BCUT2D eigenvalue weighted by Gasteiger charge is -2.06. The summed E-state index contributed by atoms with van der Waals surface area (Å²) >= 11 is 1.20. The van der Waals surface area contributed by atoms with Gasteiger partial charge in [-0.05, 0) is 23.6 Å². The Labute approximate surface area is 111 Å². The molecule has 0 bridgehead atoms. The summed E-state index contributed by atoms with van der Waals surface area (Å²) in [4.78, 5) is 23.5. The monoisotopic (exact) mass is 282 g/mol. The number of thiophene rings is 1. The van der Waals surface area contributed by atoms with Crippen molar-refractivity contribution in [2.45, 2.75) is 0 Å². The van der Waals surface area contributed by atoms with Crippen LogP contribution in [-0.4, -0.2) is 11.8 Å². The predicted octanol–water partition coefficient (Wildman–Crippen LogP) is 2.10. The molecule has 0 aliphatic heterocycles. The molecule has 2 N–H and O–H groups in total. The molecule has 19 heavy (non-hydrogen) atoms. The fraction of sp³-hybridized carbons (Fsp3) is 0. The molecular formula is C12H8F2N2O2S. The van der Waals surface area contributed by atoms with E-state index in [1.165, 1.54) is 11.3 Å². The number of halogens is 2. The molecule has 4 nitrogen and oxygen atoms in total. The quantitative estimate of drug-likeness (QED) is 0.829. The summed E-state index contributed by atoms with van der Waals surface area (Å²) in [5, 5.41) is 1.71. The molecule has 1 aromatic carbocycles. The minimum Gasteiger partial charge on any atom is -0.267 e. The van der Waals surface area contributed by atoms with Crippen LogP contribution in [0.1, 0.15) is 20.0 Å². The first-order chi connectivity index (χ1) is 9.06. The number of amides is 2. The number of hydrogen-bond acceptors (Lipinski definition) is 3. The summed E-state index contributed by atoms with van der Waals surface area (Å²) < 4.78 is 25.8. The van der Waals surface area contributed by atoms with Crippen molar-refractivity contribution in [1.82, 2.24) is 10.9 Å². The Morgan fingerprint density at radius 3 is 2.21 bits per heavy atom. The van der Waals surface area contributed by atoms with Crippen LogP contribution in [0.25, 0.3) is 0 Å². The topological polar surface area (TPSA) is 58.2 Å². The molecule has 0 saturated carbocycles. The van der Waals surface area contributed by atoms with Crippen molar-refractivity contribution in [3.05, 3.63) is 57.8 Å². The molecular weight excluding hydrogens is 274 g/mol. The van der Waals surface area contributed by atoms with Gasteiger partial charge < -0.3 is 0 Å². The van der Waals surface area contributed by atoms with Gasteiger partial charge in [0, 0.05) is 11.6 Å². The minimum atomic E-state index is -0.866. The first kappa shape index (κ1) is 13.2. The summed E-state index contributed by atoms with van der Waals surface area (Å²) in [5.74, 6) is -3.03. The van der Waals surface area contributed by atoms with E-state index < -0.39 is 23.4 Å². The van der Waals surface area contributed by atoms with Crippen LogP contribution in [-0.2, 0) is 0 Å². The van der Waals surface area contributed by atoms with Crippen LogP contribution < -0.4 is 10.9 Å². The van der Waals surface area contributed by atoms with E-state index in [-0.39, 0.29) is 5.56 Å². The summed E-state index contributed by atoms with van der Waals surface area (Å²) in [6.45, 7) is 0. The summed E-state index contributed by atoms with van der Waals surface area (Å²) in [7, 11) is 0. The molecule has 2 amide bonds. The fourth-order valence-electron chi connectivity index (χ4n) is 1.34. The molecule has 1 aromatic heterocycles. The molecule has 0 aliphatic rings. The van der Waals surface area contributed by atoms with Crippen molar-refractivity contribution in [2.24, 2.45) is 0 Å².